The Morgan fingerprint density at radius 1 is 1.33 bits per heavy atom. The number of ether oxygens (including phenoxy) is 1. The summed E-state index contributed by atoms with van der Waals surface area (Å²) >= 11 is 0. The lowest BCUT2D eigenvalue weighted by molar-refractivity contribution is -0.153. The van der Waals surface area contributed by atoms with Crippen LogP contribution in [0.5, 0.6) is 0 Å². The van der Waals surface area contributed by atoms with Crippen LogP contribution in [0.3, 0.4) is 0 Å². The molecule has 0 heterocycles. The molecule has 4 heteroatoms. The van der Waals surface area contributed by atoms with Crippen molar-refractivity contribution in [2.75, 3.05) is 6.61 Å². The molecule has 15 heavy (non-hydrogen) atoms. The molecule has 0 aromatic heterocycles. The summed E-state index contributed by atoms with van der Waals surface area (Å²) in [5.41, 5.74) is -0.889. The van der Waals surface area contributed by atoms with Gasteiger partial charge in [0.15, 0.2) is 0 Å². The van der Waals surface area contributed by atoms with E-state index >= 15 is 0 Å². The largest absolute Gasteiger partial charge is 0.464 e. The number of rotatable bonds is 6. The van der Waals surface area contributed by atoms with Crippen LogP contribution in [-0.4, -0.2) is 24.0 Å². The molecule has 0 spiro atoms. The smallest absolute Gasteiger partial charge is 0.331 e. The molecule has 0 aliphatic carbocycles. The highest BCUT2D eigenvalue weighted by atomic mass is 16.5. The van der Waals surface area contributed by atoms with Gasteiger partial charge in [0.05, 0.1) is 6.61 Å². The zero-order valence-corrected chi connectivity index (χ0v) is 10.1. The zero-order chi connectivity index (χ0) is 11.9. The first-order valence-electron chi connectivity index (χ1n) is 5.42. The maximum absolute atomic E-state index is 11.7. The Kier molecular flexibility index (Phi) is 5.97. The van der Waals surface area contributed by atoms with Crippen LogP contribution in [0.25, 0.3) is 0 Å². The normalized spacial score (nSPS) is 14.1. The molecule has 0 fully saturated rings. The van der Waals surface area contributed by atoms with Gasteiger partial charge in [-0.15, -0.1) is 0 Å². The summed E-state index contributed by atoms with van der Waals surface area (Å²) in [6, 6.07) is 0. The van der Waals surface area contributed by atoms with E-state index in [0.29, 0.717) is 13.0 Å². The minimum Gasteiger partial charge on any atom is -0.464 e. The molecule has 0 aromatic carbocycles. The van der Waals surface area contributed by atoms with E-state index in [2.05, 4.69) is 5.32 Å². The quantitative estimate of drug-likeness (QED) is 0.541. The number of amides is 1. The van der Waals surface area contributed by atoms with Crippen LogP contribution in [0.1, 0.15) is 47.0 Å². The van der Waals surface area contributed by atoms with Gasteiger partial charge in [0.25, 0.3) is 0 Å². The van der Waals surface area contributed by atoms with Crippen LogP contribution in [0.4, 0.5) is 0 Å². The van der Waals surface area contributed by atoms with Crippen LogP contribution >= 0.6 is 0 Å². The van der Waals surface area contributed by atoms with Crippen molar-refractivity contribution in [2.45, 2.75) is 52.5 Å². The third-order valence-corrected chi connectivity index (χ3v) is 2.34. The molecule has 0 saturated carbocycles. The number of unbranched alkanes of at least 4 members (excludes halogenated alkanes) is 1. The summed E-state index contributed by atoms with van der Waals surface area (Å²) in [5, 5.41) is 2.62. The van der Waals surface area contributed by atoms with Crippen molar-refractivity contribution in [1.82, 2.24) is 5.32 Å². The Morgan fingerprint density at radius 3 is 2.33 bits per heavy atom. The van der Waals surface area contributed by atoms with Gasteiger partial charge >= 0.3 is 5.97 Å². The van der Waals surface area contributed by atoms with Crippen LogP contribution < -0.4 is 5.32 Å². The maximum Gasteiger partial charge on any atom is 0.331 e. The van der Waals surface area contributed by atoms with Gasteiger partial charge in [0.2, 0.25) is 5.91 Å². The maximum atomic E-state index is 11.7. The molecule has 0 radical (unpaired) electrons. The summed E-state index contributed by atoms with van der Waals surface area (Å²) in [6.45, 7) is 7.37. The van der Waals surface area contributed by atoms with Gasteiger partial charge in [-0.2, -0.15) is 0 Å². The second-order valence-corrected chi connectivity index (χ2v) is 3.86. The van der Waals surface area contributed by atoms with Gasteiger partial charge in [0, 0.05) is 6.92 Å². The third kappa shape index (κ3) is 4.81. The first kappa shape index (κ1) is 13.9. The van der Waals surface area contributed by atoms with Crippen molar-refractivity contribution in [2.24, 2.45) is 0 Å². The predicted octanol–water partition coefficient (Wildman–Crippen LogP) is 1.63. The van der Waals surface area contributed by atoms with E-state index in [9.17, 15) is 9.59 Å². The summed E-state index contributed by atoms with van der Waals surface area (Å²) < 4.78 is 5.09. The van der Waals surface area contributed by atoms with Gasteiger partial charge in [-0.3, -0.25) is 4.79 Å². The molecule has 4 nitrogen and oxygen atoms in total. The molecule has 1 N–H and O–H groups in total. The minimum atomic E-state index is -0.889. The van der Waals surface area contributed by atoms with E-state index in [0.717, 1.165) is 12.8 Å². The molecule has 1 amide bonds. The number of carbonyl (C=O) groups is 2. The molecule has 0 saturated heterocycles. The number of hydrogen-bond donors (Lipinski definition) is 1. The molecule has 0 aromatic rings. The van der Waals surface area contributed by atoms with Crippen molar-refractivity contribution in [1.29, 1.82) is 0 Å². The number of carbonyl (C=O) groups excluding carboxylic acids is 2. The monoisotopic (exact) mass is 215 g/mol. The predicted molar refractivity (Wildman–Crippen MR) is 58.4 cm³/mol. The zero-order valence-electron chi connectivity index (χ0n) is 10.1. The molecule has 0 rings (SSSR count). The SMILES string of the molecule is CCCCOC(=O)C(C)(CC)NC(C)=O. The Balaban J connectivity index is 4.24. The molecule has 1 atom stereocenters. The average Bonchev–Trinajstić information content (AvgIpc) is 2.16. The Morgan fingerprint density at radius 2 is 1.93 bits per heavy atom. The lowest BCUT2D eigenvalue weighted by Gasteiger charge is -2.26. The molecule has 0 aliphatic heterocycles. The van der Waals surface area contributed by atoms with E-state index in [-0.39, 0.29) is 11.9 Å². The van der Waals surface area contributed by atoms with E-state index in [1.165, 1.54) is 6.92 Å². The lowest BCUT2D eigenvalue weighted by Crippen LogP contribution is -2.52. The number of esters is 1. The van der Waals surface area contributed by atoms with Crippen LogP contribution in [0, 0.1) is 0 Å². The summed E-state index contributed by atoms with van der Waals surface area (Å²) in [7, 11) is 0. The fourth-order valence-electron chi connectivity index (χ4n) is 1.14. The summed E-state index contributed by atoms with van der Waals surface area (Å²) in [6.07, 6.45) is 2.36. The molecular formula is C11H21NO3. The molecule has 0 aliphatic rings. The van der Waals surface area contributed by atoms with E-state index in [4.69, 9.17) is 4.74 Å². The third-order valence-electron chi connectivity index (χ3n) is 2.34. The van der Waals surface area contributed by atoms with Gasteiger partial charge < -0.3 is 10.1 Å². The molecular weight excluding hydrogens is 194 g/mol. The molecule has 1 unspecified atom stereocenters. The highest BCUT2D eigenvalue weighted by Crippen LogP contribution is 2.11. The first-order chi connectivity index (χ1) is 6.96. The van der Waals surface area contributed by atoms with Crippen molar-refractivity contribution < 1.29 is 14.3 Å². The lowest BCUT2D eigenvalue weighted by atomic mass is 9.99. The minimum absolute atomic E-state index is 0.216. The molecule has 0 bridgehead atoms. The van der Waals surface area contributed by atoms with Crippen molar-refractivity contribution in [3.8, 4) is 0 Å². The standard InChI is InChI=1S/C11H21NO3/c1-5-7-8-15-10(14)11(4,6-2)12-9(3)13/h5-8H2,1-4H3,(H,12,13). The van der Waals surface area contributed by atoms with Crippen LogP contribution in [0.2, 0.25) is 0 Å². The van der Waals surface area contributed by atoms with Gasteiger partial charge in [-0.05, 0) is 19.8 Å². The second-order valence-electron chi connectivity index (χ2n) is 3.86. The Bertz CT molecular complexity index is 228. The fourth-order valence-corrected chi connectivity index (χ4v) is 1.14. The highest BCUT2D eigenvalue weighted by molar-refractivity contribution is 5.86. The Hall–Kier alpha value is -1.06. The average molecular weight is 215 g/mol. The van der Waals surface area contributed by atoms with E-state index in [1.54, 1.807) is 6.92 Å². The van der Waals surface area contributed by atoms with Gasteiger partial charge in [0.1, 0.15) is 5.54 Å². The van der Waals surface area contributed by atoms with Crippen LogP contribution in [0.15, 0.2) is 0 Å². The fraction of sp³-hybridized carbons (Fsp3) is 0.818. The Labute approximate surface area is 91.4 Å². The van der Waals surface area contributed by atoms with Gasteiger partial charge in [-0.1, -0.05) is 20.3 Å². The van der Waals surface area contributed by atoms with Crippen molar-refractivity contribution >= 4 is 11.9 Å². The summed E-state index contributed by atoms with van der Waals surface area (Å²) in [4.78, 5) is 22.6. The molecule has 88 valence electrons. The summed E-state index contributed by atoms with van der Waals surface area (Å²) in [5.74, 6) is -0.569. The highest BCUT2D eigenvalue weighted by Gasteiger charge is 2.33. The van der Waals surface area contributed by atoms with Crippen molar-refractivity contribution in [3.05, 3.63) is 0 Å². The topological polar surface area (TPSA) is 55.4 Å². The van der Waals surface area contributed by atoms with Crippen molar-refractivity contribution in [3.63, 3.8) is 0 Å². The van der Waals surface area contributed by atoms with Crippen LogP contribution in [-0.2, 0) is 14.3 Å². The first-order valence-corrected chi connectivity index (χ1v) is 5.42. The second kappa shape index (κ2) is 6.43. The van der Waals surface area contributed by atoms with E-state index in [1.807, 2.05) is 13.8 Å². The number of nitrogens with one attached hydrogen (secondary N) is 1. The number of hydrogen-bond acceptors (Lipinski definition) is 3. The van der Waals surface area contributed by atoms with Gasteiger partial charge in [-0.25, -0.2) is 4.79 Å². The van der Waals surface area contributed by atoms with E-state index < -0.39 is 5.54 Å².